The van der Waals surface area contributed by atoms with Crippen molar-refractivity contribution < 1.29 is 9.53 Å². The molecule has 1 aromatic carbocycles. The fourth-order valence-electron chi connectivity index (χ4n) is 1.40. The summed E-state index contributed by atoms with van der Waals surface area (Å²) < 4.78 is 6.37. The van der Waals surface area contributed by atoms with Gasteiger partial charge in [0.25, 0.3) is 0 Å². The number of carbonyl (C=O) groups is 1. The molecule has 4 nitrogen and oxygen atoms in total. The van der Waals surface area contributed by atoms with Crippen molar-refractivity contribution in [2.75, 3.05) is 13.1 Å². The molecule has 5 heteroatoms. The monoisotopic (exact) mass is 376 g/mol. The zero-order valence-electron chi connectivity index (χ0n) is 11.6. The molecule has 0 saturated carbocycles. The second-order valence-electron chi connectivity index (χ2n) is 5.23. The van der Waals surface area contributed by atoms with Gasteiger partial charge < -0.3 is 15.4 Å². The van der Waals surface area contributed by atoms with Crippen LogP contribution in [-0.2, 0) is 11.3 Å². The van der Waals surface area contributed by atoms with E-state index in [2.05, 4.69) is 57.5 Å². The van der Waals surface area contributed by atoms with E-state index in [4.69, 9.17) is 4.74 Å². The van der Waals surface area contributed by atoms with Crippen LogP contribution in [0.3, 0.4) is 0 Å². The standard InChI is InChI=1S/C14H21IN2O2/c1-14(2,3)19-13(18)17-9-8-16-10-11-4-6-12(15)7-5-11/h4-7,16H,8-10H2,1-3H3,(H,17,18). The molecule has 1 rings (SSSR count). The Hall–Kier alpha value is -0.820. The third-order valence-electron chi connectivity index (χ3n) is 2.21. The summed E-state index contributed by atoms with van der Waals surface area (Å²) in [7, 11) is 0. The molecule has 0 aliphatic heterocycles. The Bertz CT molecular complexity index is 399. The maximum absolute atomic E-state index is 11.4. The second-order valence-corrected chi connectivity index (χ2v) is 6.48. The summed E-state index contributed by atoms with van der Waals surface area (Å²) in [6.45, 7) is 7.61. The molecule has 0 heterocycles. The topological polar surface area (TPSA) is 50.4 Å². The maximum atomic E-state index is 11.4. The lowest BCUT2D eigenvalue weighted by atomic mass is 10.2. The van der Waals surface area contributed by atoms with Gasteiger partial charge in [-0.15, -0.1) is 0 Å². The average molecular weight is 376 g/mol. The van der Waals surface area contributed by atoms with E-state index in [9.17, 15) is 4.79 Å². The van der Waals surface area contributed by atoms with Crippen molar-refractivity contribution in [2.24, 2.45) is 0 Å². The Morgan fingerprint density at radius 1 is 1.21 bits per heavy atom. The molecule has 2 N–H and O–H groups in total. The molecular weight excluding hydrogens is 355 g/mol. The van der Waals surface area contributed by atoms with E-state index in [1.807, 2.05) is 20.8 Å². The van der Waals surface area contributed by atoms with Gasteiger partial charge >= 0.3 is 6.09 Å². The van der Waals surface area contributed by atoms with Crippen molar-refractivity contribution in [3.63, 3.8) is 0 Å². The van der Waals surface area contributed by atoms with Crippen molar-refractivity contribution in [2.45, 2.75) is 32.9 Å². The molecule has 0 aliphatic carbocycles. The highest BCUT2D eigenvalue weighted by Crippen LogP contribution is 2.07. The van der Waals surface area contributed by atoms with E-state index in [-0.39, 0.29) is 6.09 Å². The van der Waals surface area contributed by atoms with E-state index in [1.54, 1.807) is 0 Å². The minimum absolute atomic E-state index is 0.372. The van der Waals surface area contributed by atoms with Crippen molar-refractivity contribution in [1.82, 2.24) is 10.6 Å². The molecule has 0 bridgehead atoms. The van der Waals surface area contributed by atoms with Crippen LogP contribution in [0, 0.1) is 3.57 Å². The Morgan fingerprint density at radius 2 is 1.84 bits per heavy atom. The lowest BCUT2D eigenvalue weighted by Gasteiger charge is -2.19. The van der Waals surface area contributed by atoms with Gasteiger partial charge in [0.2, 0.25) is 0 Å². The summed E-state index contributed by atoms with van der Waals surface area (Å²) in [6.07, 6.45) is -0.372. The number of amides is 1. The van der Waals surface area contributed by atoms with Crippen LogP contribution in [0.5, 0.6) is 0 Å². The third-order valence-corrected chi connectivity index (χ3v) is 2.93. The first-order valence-electron chi connectivity index (χ1n) is 6.29. The Balaban J connectivity index is 2.11. The average Bonchev–Trinajstić information content (AvgIpc) is 2.29. The van der Waals surface area contributed by atoms with E-state index in [0.29, 0.717) is 13.1 Å². The third kappa shape index (κ3) is 8.05. The normalized spacial score (nSPS) is 11.2. The van der Waals surface area contributed by atoms with Gasteiger partial charge in [-0.3, -0.25) is 0 Å². The van der Waals surface area contributed by atoms with Gasteiger partial charge in [0.15, 0.2) is 0 Å². The van der Waals surface area contributed by atoms with Crippen molar-refractivity contribution >= 4 is 28.7 Å². The summed E-state index contributed by atoms with van der Waals surface area (Å²) in [5.41, 5.74) is 0.788. The first-order chi connectivity index (χ1) is 8.87. The van der Waals surface area contributed by atoms with E-state index >= 15 is 0 Å². The predicted octanol–water partition coefficient (Wildman–Crippen LogP) is 2.91. The summed E-state index contributed by atoms with van der Waals surface area (Å²) >= 11 is 2.28. The summed E-state index contributed by atoms with van der Waals surface area (Å²) in [5, 5.41) is 5.98. The quantitative estimate of drug-likeness (QED) is 0.614. The molecule has 0 fully saturated rings. The van der Waals surface area contributed by atoms with Gasteiger partial charge in [0.05, 0.1) is 0 Å². The molecule has 0 radical (unpaired) electrons. The molecule has 0 saturated heterocycles. The summed E-state index contributed by atoms with van der Waals surface area (Å²) in [4.78, 5) is 11.4. The molecule has 0 aromatic heterocycles. The molecule has 106 valence electrons. The van der Waals surface area contributed by atoms with E-state index in [1.165, 1.54) is 9.13 Å². The van der Waals surface area contributed by atoms with Crippen LogP contribution in [0.1, 0.15) is 26.3 Å². The van der Waals surface area contributed by atoms with Crippen LogP contribution in [-0.4, -0.2) is 24.8 Å². The minimum atomic E-state index is -0.446. The number of alkyl carbamates (subject to hydrolysis) is 1. The highest BCUT2D eigenvalue weighted by atomic mass is 127. The second kappa shape index (κ2) is 7.69. The molecule has 1 aromatic rings. The SMILES string of the molecule is CC(C)(C)OC(=O)NCCNCc1ccc(I)cc1. The van der Waals surface area contributed by atoms with Gasteiger partial charge in [-0.1, -0.05) is 12.1 Å². The molecule has 0 spiro atoms. The first-order valence-corrected chi connectivity index (χ1v) is 7.37. The van der Waals surface area contributed by atoms with Crippen molar-refractivity contribution in [3.8, 4) is 0 Å². The number of nitrogens with one attached hydrogen (secondary N) is 2. The first kappa shape index (κ1) is 16.2. The lowest BCUT2D eigenvalue weighted by Crippen LogP contribution is -2.36. The summed E-state index contributed by atoms with van der Waals surface area (Å²) in [6, 6.07) is 8.35. The highest BCUT2D eigenvalue weighted by Gasteiger charge is 2.15. The number of benzene rings is 1. The Kier molecular flexibility index (Phi) is 6.57. The fraction of sp³-hybridized carbons (Fsp3) is 0.500. The predicted molar refractivity (Wildman–Crippen MR) is 85.1 cm³/mol. The number of hydrogen-bond acceptors (Lipinski definition) is 3. The van der Waals surface area contributed by atoms with Gasteiger partial charge in [-0.25, -0.2) is 4.79 Å². The number of hydrogen-bond donors (Lipinski definition) is 2. The van der Waals surface area contributed by atoms with Gasteiger partial charge in [0, 0.05) is 23.2 Å². The highest BCUT2D eigenvalue weighted by molar-refractivity contribution is 14.1. The van der Waals surface area contributed by atoms with Crippen LogP contribution >= 0.6 is 22.6 Å². The van der Waals surface area contributed by atoms with Crippen LogP contribution in [0.2, 0.25) is 0 Å². The lowest BCUT2D eigenvalue weighted by molar-refractivity contribution is 0.0528. The van der Waals surface area contributed by atoms with Crippen molar-refractivity contribution in [1.29, 1.82) is 0 Å². The molecular formula is C14H21IN2O2. The number of rotatable bonds is 5. The van der Waals surface area contributed by atoms with Gasteiger partial charge in [-0.05, 0) is 61.1 Å². The minimum Gasteiger partial charge on any atom is -0.444 e. The Labute approximate surface area is 128 Å². The van der Waals surface area contributed by atoms with Crippen molar-refractivity contribution in [3.05, 3.63) is 33.4 Å². The van der Waals surface area contributed by atoms with Crippen LogP contribution < -0.4 is 10.6 Å². The number of ether oxygens (including phenoxy) is 1. The van der Waals surface area contributed by atoms with E-state index < -0.39 is 5.60 Å². The summed E-state index contributed by atoms with van der Waals surface area (Å²) in [5.74, 6) is 0. The number of halogens is 1. The number of carbonyl (C=O) groups excluding carboxylic acids is 1. The van der Waals surface area contributed by atoms with Crippen LogP contribution in [0.25, 0.3) is 0 Å². The molecule has 1 amide bonds. The van der Waals surface area contributed by atoms with Gasteiger partial charge in [0.1, 0.15) is 5.60 Å². The smallest absolute Gasteiger partial charge is 0.407 e. The zero-order valence-corrected chi connectivity index (χ0v) is 13.8. The molecule has 0 unspecified atom stereocenters. The zero-order chi connectivity index (χ0) is 14.3. The molecule has 0 aliphatic rings. The molecule has 0 atom stereocenters. The maximum Gasteiger partial charge on any atom is 0.407 e. The fourth-order valence-corrected chi connectivity index (χ4v) is 1.76. The van der Waals surface area contributed by atoms with Gasteiger partial charge in [-0.2, -0.15) is 0 Å². The van der Waals surface area contributed by atoms with Crippen LogP contribution in [0.15, 0.2) is 24.3 Å². The van der Waals surface area contributed by atoms with Crippen LogP contribution in [0.4, 0.5) is 4.79 Å². The molecule has 19 heavy (non-hydrogen) atoms. The van der Waals surface area contributed by atoms with E-state index in [0.717, 1.165) is 6.54 Å². The largest absolute Gasteiger partial charge is 0.444 e. The Morgan fingerprint density at radius 3 is 2.42 bits per heavy atom.